The number of hydrogen-bond donors (Lipinski definition) is 1. The zero-order valence-corrected chi connectivity index (χ0v) is 11.3. The van der Waals surface area contributed by atoms with Gasteiger partial charge in [-0.3, -0.25) is 4.79 Å². The predicted molar refractivity (Wildman–Crippen MR) is 74.5 cm³/mol. The van der Waals surface area contributed by atoms with Crippen LogP contribution in [-0.2, 0) is 0 Å². The monoisotopic (exact) mass is 259 g/mol. The lowest BCUT2D eigenvalue weighted by atomic mass is 10.2. The fraction of sp³-hybridized carbons (Fsp3) is 0.286. The topological polar surface area (TPSA) is 70.1 Å². The van der Waals surface area contributed by atoms with Crippen molar-refractivity contribution >= 4 is 5.69 Å². The Morgan fingerprint density at radius 3 is 2.79 bits per heavy atom. The van der Waals surface area contributed by atoms with Crippen LogP contribution in [0.25, 0.3) is 0 Å². The third-order valence-corrected chi connectivity index (χ3v) is 2.93. The maximum Gasteiger partial charge on any atom is 0.313 e. The highest BCUT2D eigenvalue weighted by Crippen LogP contribution is 2.25. The Labute approximate surface area is 111 Å². The zero-order chi connectivity index (χ0) is 14.0. The van der Waals surface area contributed by atoms with E-state index in [0.29, 0.717) is 11.4 Å². The van der Waals surface area contributed by atoms with Crippen LogP contribution in [0.5, 0.6) is 11.6 Å². The fourth-order valence-corrected chi connectivity index (χ4v) is 1.73. The van der Waals surface area contributed by atoms with Crippen LogP contribution in [0.3, 0.4) is 0 Å². The van der Waals surface area contributed by atoms with Crippen LogP contribution >= 0.6 is 0 Å². The predicted octanol–water partition coefficient (Wildman–Crippen LogP) is 2.51. The number of benzene rings is 1. The second-order valence-electron chi connectivity index (χ2n) is 4.61. The van der Waals surface area contributed by atoms with E-state index in [4.69, 9.17) is 10.5 Å². The molecule has 0 bridgehead atoms. The van der Waals surface area contributed by atoms with Crippen molar-refractivity contribution < 1.29 is 4.74 Å². The van der Waals surface area contributed by atoms with Crippen molar-refractivity contribution in [2.24, 2.45) is 0 Å². The Bertz CT molecular complexity index is 647. The summed E-state index contributed by atoms with van der Waals surface area (Å²) in [4.78, 5) is 16.1. The van der Waals surface area contributed by atoms with E-state index >= 15 is 0 Å². The van der Waals surface area contributed by atoms with Gasteiger partial charge < -0.3 is 15.0 Å². The molecule has 0 spiro atoms. The van der Waals surface area contributed by atoms with Crippen LogP contribution in [0.2, 0.25) is 0 Å². The quantitative estimate of drug-likeness (QED) is 0.860. The van der Waals surface area contributed by atoms with Crippen LogP contribution < -0.4 is 16.0 Å². The Balaban J connectivity index is 2.42. The van der Waals surface area contributed by atoms with Gasteiger partial charge in [0.2, 0.25) is 0 Å². The summed E-state index contributed by atoms with van der Waals surface area (Å²) in [6.45, 7) is 5.70. The van der Waals surface area contributed by atoms with Crippen LogP contribution in [-0.4, -0.2) is 9.55 Å². The van der Waals surface area contributed by atoms with Gasteiger partial charge in [0.05, 0.1) is 0 Å². The molecule has 2 N–H and O–H groups in total. The number of nitrogens with two attached hydrogens (primary N) is 1. The molecule has 0 unspecified atom stereocenters. The Kier molecular flexibility index (Phi) is 3.55. The molecule has 1 heterocycles. The minimum atomic E-state index is -0.251. The molecule has 1 aromatic heterocycles. The van der Waals surface area contributed by atoms with Gasteiger partial charge in [-0.2, -0.15) is 0 Å². The molecule has 5 nitrogen and oxygen atoms in total. The van der Waals surface area contributed by atoms with E-state index < -0.39 is 0 Å². The van der Waals surface area contributed by atoms with Crippen molar-refractivity contribution in [1.29, 1.82) is 0 Å². The highest BCUT2D eigenvalue weighted by atomic mass is 16.5. The number of hydrogen-bond acceptors (Lipinski definition) is 4. The molecule has 0 aliphatic rings. The molecule has 19 heavy (non-hydrogen) atoms. The Morgan fingerprint density at radius 1 is 1.37 bits per heavy atom. The lowest BCUT2D eigenvalue weighted by molar-refractivity contribution is 0.434. The molecule has 0 saturated carbocycles. The van der Waals surface area contributed by atoms with E-state index in [2.05, 4.69) is 4.98 Å². The Hall–Kier alpha value is -2.30. The molecule has 0 saturated heterocycles. The molecule has 2 rings (SSSR count). The SMILES string of the molecule is Cc1c(N)cccc1Oc1nccn(C(C)C)c1=O. The number of ether oxygens (including phenoxy) is 1. The number of aromatic nitrogens is 2. The summed E-state index contributed by atoms with van der Waals surface area (Å²) in [7, 11) is 0. The van der Waals surface area contributed by atoms with E-state index in [9.17, 15) is 4.79 Å². The fourth-order valence-electron chi connectivity index (χ4n) is 1.73. The number of rotatable bonds is 3. The molecule has 2 aromatic rings. The average Bonchev–Trinajstić information content (AvgIpc) is 2.37. The van der Waals surface area contributed by atoms with E-state index in [1.165, 1.54) is 0 Å². The van der Waals surface area contributed by atoms with Gasteiger partial charge in [0.15, 0.2) is 0 Å². The first-order valence-electron chi connectivity index (χ1n) is 6.10. The summed E-state index contributed by atoms with van der Waals surface area (Å²) >= 11 is 0. The largest absolute Gasteiger partial charge is 0.434 e. The van der Waals surface area contributed by atoms with Gasteiger partial charge in [-0.25, -0.2) is 4.98 Å². The summed E-state index contributed by atoms with van der Waals surface area (Å²) in [5.74, 6) is 0.607. The first kappa shape index (κ1) is 13.1. The molecule has 1 aromatic carbocycles. The normalized spacial score (nSPS) is 10.7. The van der Waals surface area contributed by atoms with Crippen molar-refractivity contribution in [3.63, 3.8) is 0 Å². The second kappa shape index (κ2) is 5.14. The average molecular weight is 259 g/mol. The van der Waals surface area contributed by atoms with Crippen LogP contribution in [0.4, 0.5) is 5.69 Å². The first-order chi connectivity index (χ1) is 9.00. The molecule has 0 aliphatic carbocycles. The van der Waals surface area contributed by atoms with Gasteiger partial charge in [0.1, 0.15) is 5.75 Å². The van der Waals surface area contributed by atoms with Crippen molar-refractivity contribution in [2.75, 3.05) is 5.73 Å². The van der Waals surface area contributed by atoms with Crippen LogP contribution in [0, 0.1) is 6.92 Å². The number of nitrogens with zero attached hydrogens (tertiary/aromatic N) is 2. The van der Waals surface area contributed by atoms with E-state index in [-0.39, 0.29) is 17.5 Å². The smallest absolute Gasteiger partial charge is 0.313 e. The lowest BCUT2D eigenvalue weighted by Gasteiger charge is -2.12. The summed E-state index contributed by atoms with van der Waals surface area (Å²) in [6.07, 6.45) is 3.20. The second-order valence-corrected chi connectivity index (χ2v) is 4.61. The molecule has 0 fully saturated rings. The van der Waals surface area contributed by atoms with Crippen molar-refractivity contribution in [1.82, 2.24) is 9.55 Å². The zero-order valence-electron chi connectivity index (χ0n) is 11.3. The first-order valence-corrected chi connectivity index (χ1v) is 6.10. The number of nitrogen functional groups attached to an aromatic ring is 1. The highest BCUT2D eigenvalue weighted by Gasteiger charge is 2.11. The maximum absolute atomic E-state index is 12.2. The number of anilines is 1. The van der Waals surface area contributed by atoms with Gasteiger partial charge in [0.25, 0.3) is 5.88 Å². The Morgan fingerprint density at radius 2 is 2.11 bits per heavy atom. The van der Waals surface area contributed by atoms with Gasteiger partial charge in [0, 0.05) is 29.7 Å². The summed E-state index contributed by atoms with van der Waals surface area (Å²) < 4.78 is 7.16. The maximum atomic E-state index is 12.2. The van der Waals surface area contributed by atoms with E-state index in [1.54, 1.807) is 35.2 Å². The molecule has 5 heteroatoms. The summed E-state index contributed by atoms with van der Waals surface area (Å²) in [5, 5.41) is 0. The van der Waals surface area contributed by atoms with E-state index in [1.807, 2.05) is 20.8 Å². The van der Waals surface area contributed by atoms with Crippen LogP contribution in [0.1, 0.15) is 25.5 Å². The van der Waals surface area contributed by atoms with E-state index in [0.717, 1.165) is 5.56 Å². The lowest BCUT2D eigenvalue weighted by Crippen LogP contribution is -2.23. The van der Waals surface area contributed by atoms with Crippen molar-refractivity contribution in [3.8, 4) is 11.6 Å². The van der Waals surface area contributed by atoms with Gasteiger partial charge >= 0.3 is 5.56 Å². The minimum absolute atomic E-state index is 0.0554. The van der Waals surface area contributed by atoms with Gasteiger partial charge in [-0.1, -0.05) is 6.07 Å². The summed E-state index contributed by atoms with van der Waals surface area (Å²) in [6, 6.07) is 5.38. The minimum Gasteiger partial charge on any atom is -0.434 e. The summed E-state index contributed by atoms with van der Waals surface area (Å²) in [5.41, 5.74) is 6.97. The third kappa shape index (κ3) is 2.59. The molecule has 0 amide bonds. The molecule has 0 aliphatic heterocycles. The molecular weight excluding hydrogens is 242 g/mol. The molecular formula is C14H17N3O2. The van der Waals surface area contributed by atoms with Gasteiger partial charge in [-0.05, 0) is 32.9 Å². The van der Waals surface area contributed by atoms with Crippen molar-refractivity contribution in [3.05, 3.63) is 46.5 Å². The highest BCUT2D eigenvalue weighted by molar-refractivity contribution is 5.53. The van der Waals surface area contributed by atoms with Gasteiger partial charge in [-0.15, -0.1) is 0 Å². The third-order valence-electron chi connectivity index (χ3n) is 2.93. The van der Waals surface area contributed by atoms with Crippen molar-refractivity contribution in [2.45, 2.75) is 26.8 Å². The van der Waals surface area contributed by atoms with Crippen LogP contribution in [0.15, 0.2) is 35.4 Å². The molecule has 0 atom stereocenters. The standard InChI is InChI=1S/C14H17N3O2/c1-9(2)17-8-7-16-13(14(17)18)19-12-6-4-5-11(15)10(12)3/h4-9H,15H2,1-3H3. The molecule has 0 radical (unpaired) electrons. The molecule has 100 valence electrons.